The van der Waals surface area contributed by atoms with Crippen molar-refractivity contribution >= 4 is 0 Å². The highest BCUT2D eigenvalue weighted by Gasteiger charge is 2.47. The van der Waals surface area contributed by atoms with Crippen molar-refractivity contribution in [2.24, 2.45) is 23.5 Å². The van der Waals surface area contributed by atoms with Gasteiger partial charge in [-0.25, -0.2) is 0 Å². The van der Waals surface area contributed by atoms with Crippen LogP contribution in [0.1, 0.15) is 32.6 Å². The first-order valence-electron chi connectivity index (χ1n) is 6.23. The Bertz CT molecular complexity index is 218. The van der Waals surface area contributed by atoms with Crippen LogP contribution in [0.4, 0.5) is 0 Å². The van der Waals surface area contributed by atoms with E-state index in [1.165, 1.54) is 32.4 Å². The normalized spacial score (nSPS) is 53.1. The van der Waals surface area contributed by atoms with Gasteiger partial charge in [0, 0.05) is 18.6 Å². The molecule has 0 aromatic rings. The van der Waals surface area contributed by atoms with Gasteiger partial charge in [0.15, 0.2) is 0 Å². The molecule has 14 heavy (non-hydrogen) atoms. The molecule has 3 fully saturated rings. The van der Waals surface area contributed by atoms with E-state index in [0.717, 1.165) is 17.9 Å². The molecule has 0 aromatic carbocycles. The first-order valence-corrected chi connectivity index (χ1v) is 6.23. The van der Waals surface area contributed by atoms with E-state index in [9.17, 15) is 0 Å². The molecule has 80 valence electrons. The van der Waals surface area contributed by atoms with Crippen LogP contribution in [0.25, 0.3) is 0 Å². The van der Waals surface area contributed by atoms with Gasteiger partial charge in [-0.1, -0.05) is 6.92 Å². The number of fused-ring (bicyclic) bond motifs is 1. The van der Waals surface area contributed by atoms with E-state index in [1.54, 1.807) is 6.42 Å². The Morgan fingerprint density at radius 3 is 2.50 bits per heavy atom. The lowest BCUT2D eigenvalue weighted by atomic mass is 9.93. The minimum absolute atomic E-state index is 0.460. The van der Waals surface area contributed by atoms with Crippen molar-refractivity contribution in [1.29, 1.82) is 0 Å². The number of hydrogen-bond acceptors (Lipinski definition) is 2. The zero-order valence-electron chi connectivity index (χ0n) is 9.15. The molecule has 2 N–H and O–H groups in total. The van der Waals surface area contributed by atoms with Crippen LogP contribution in [0, 0.1) is 17.8 Å². The highest BCUT2D eigenvalue weighted by molar-refractivity contribution is 5.00. The van der Waals surface area contributed by atoms with Crippen LogP contribution < -0.4 is 5.73 Å². The molecule has 4 unspecified atom stereocenters. The van der Waals surface area contributed by atoms with Crippen LogP contribution in [0.5, 0.6) is 0 Å². The van der Waals surface area contributed by atoms with Crippen LogP contribution in [0.15, 0.2) is 0 Å². The fraction of sp³-hybridized carbons (Fsp3) is 1.00. The van der Waals surface area contributed by atoms with Crippen molar-refractivity contribution in [1.82, 2.24) is 4.90 Å². The van der Waals surface area contributed by atoms with Crippen LogP contribution in [0.2, 0.25) is 0 Å². The molecular weight excluding hydrogens is 172 g/mol. The summed E-state index contributed by atoms with van der Waals surface area (Å²) in [5, 5.41) is 0. The fourth-order valence-electron chi connectivity index (χ4n) is 3.51. The molecule has 2 aliphatic carbocycles. The van der Waals surface area contributed by atoms with Gasteiger partial charge in [-0.05, 0) is 50.0 Å². The number of nitrogens with two attached hydrogens (primary N) is 1. The largest absolute Gasteiger partial charge is 0.327 e. The predicted molar refractivity (Wildman–Crippen MR) is 57.9 cm³/mol. The number of hydrogen-bond donors (Lipinski definition) is 1. The molecule has 3 rings (SSSR count). The second-order valence-electron chi connectivity index (χ2n) is 5.81. The van der Waals surface area contributed by atoms with Crippen LogP contribution in [-0.4, -0.2) is 30.1 Å². The van der Waals surface area contributed by atoms with Crippen molar-refractivity contribution in [2.45, 2.75) is 44.7 Å². The highest BCUT2D eigenvalue weighted by Crippen LogP contribution is 2.53. The van der Waals surface area contributed by atoms with Crippen molar-refractivity contribution in [3.8, 4) is 0 Å². The molecule has 1 heterocycles. The molecule has 0 aromatic heterocycles. The molecule has 3 aliphatic rings. The topological polar surface area (TPSA) is 29.3 Å². The monoisotopic (exact) mass is 194 g/mol. The first-order chi connectivity index (χ1) is 6.74. The number of piperidine rings is 1. The smallest absolute Gasteiger partial charge is 0.0101 e. The third-order valence-electron chi connectivity index (χ3n) is 4.74. The van der Waals surface area contributed by atoms with Gasteiger partial charge < -0.3 is 5.73 Å². The van der Waals surface area contributed by atoms with Crippen LogP contribution >= 0.6 is 0 Å². The Hall–Kier alpha value is -0.0800. The van der Waals surface area contributed by atoms with E-state index in [-0.39, 0.29) is 0 Å². The van der Waals surface area contributed by atoms with E-state index in [4.69, 9.17) is 5.73 Å². The lowest BCUT2D eigenvalue weighted by molar-refractivity contribution is 0.111. The fourth-order valence-corrected chi connectivity index (χ4v) is 3.51. The summed E-state index contributed by atoms with van der Waals surface area (Å²) in [5.74, 6) is 2.94. The van der Waals surface area contributed by atoms with E-state index < -0.39 is 0 Å². The van der Waals surface area contributed by atoms with Crippen molar-refractivity contribution in [3.63, 3.8) is 0 Å². The van der Waals surface area contributed by atoms with E-state index in [2.05, 4.69) is 11.8 Å². The zero-order chi connectivity index (χ0) is 9.71. The first kappa shape index (κ1) is 9.17. The Morgan fingerprint density at radius 2 is 1.86 bits per heavy atom. The third-order valence-corrected chi connectivity index (χ3v) is 4.74. The third kappa shape index (κ3) is 1.49. The lowest BCUT2D eigenvalue weighted by Crippen LogP contribution is -2.49. The summed E-state index contributed by atoms with van der Waals surface area (Å²) in [6.07, 6.45) is 5.74. The van der Waals surface area contributed by atoms with Gasteiger partial charge in [-0.15, -0.1) is 0 Å². The molecule has 0 radical (unpaired) electrons. The summed E-state index contributed by atoms with van der Waals surface area (Å²) in [7, 11) is 0. The summed E-state index contributed by atoms with van der Waals surface area (Å²) in [5.41, 5.74) is 6.05. The van der Waals surface area contributed by atoms with E-state index >= 15 is 0 Å². The highest BCUT2D eigenvalue weighted by atomic mass is 15.2. The van der Waals surface area contributed by atoms with E-state index in [0.29, 0.717) is 12.0 Å². The molecule has 0 amide bonds. The van der Waals surface area contributed by atoms with Crippen LogP contribution in [0.3, 0.4) is 0 Å². The Morgan fingerprint density at radius 1 is 1.14 bits per heavy atom. The van der Waals surface area contributed by atoms with Gasteiger partial charge in [0.1, 0.15) is 0 Å². The van der Waals surface area contributed by atoms with Crippen molar-refractivity contribution < 1.29 is 0 Å². The second-order valence-corrected chi connectivity index (χ2v) is 5.81. The average Bonchev–Trinajstić information content (AvgIpc) is 2.78. The number of rotatable bonds is 1. The molecular formula is C12H22N2. The number of likely N-dealkylation sites (tertiary alicyclic amines) is 1. The zero-order valence-corrected chi connectivity index (χ0v) is 9.15. The molecule has 2 nitrogen and oxygen atoms in total. The van der Waals surface area contributed by atoms with Gasteiger partial charge in [0.05, 0.1) is 0 Å². The van der Waals surface area contributed by atoms with Gasteiger partial charge in [0.25, 0.3) is 0 Å². The minimum Gasteiger partial charge on any atom is -0.327 e. The summed E-state index contributed by atoms with van der Waals surface area (Å²) in [6.45, 7) is 4.83. The van der Waals surface area contributed by atoms with Crippen molar-refractivity contribution in [2.75, 3.05) is 13.1 Å². The quantitative estimate of drug-likeness (QED) is 0.684. The molecule has 2 saturated carbocycles. The predicted octanol–water partition coefficient (Wildman–Crippen LogP) is 1.45. The molecule has 0 spiro atoms. The summed E-state index contributed by atoms with van der Waals surface area (Å²) >= 11 is 0. The summed E-state index contributed by atoms with van der Waals surface area (Å²) in [6, 6.07) is 1.39. The van der Waals surface area contributed by atoms with Gasteiger partial charge in [0.2, 0.25) is 0 Å². The Kier molecular flexibility index (Phi) is 2.10. The molecule has 1 saturated heterocycles. The summed E-state index contributed by atoms with van der Waals surface area (Å²) < 4.78 is 0. The van der Waals surface area contributed by atoms with E-state index in [1.807, 2.05) is 0 Å². The number of nitrogens with zero attached hydrogens (tertiary/aromatic N) is 1. The molecule has 0 bridgehead atoms. The molecule has 4 atom stereocenters. The molecule has 1 aliphatic heterocycles. The summed E-state index contributed by atoms with van der Waals surface area (Å²) in [4.78, 5) is 2.72. The maximum absolute atomic E-state index is 6.05. The standard InChI is InChI=1S/C12H22N2/c1-8-7-14(3-2-12(8)13)11-5-9-4-10(9)6-11/h8-12H,2-7,13H2,1H3. The average molecular weight is 194 g/mol. The van der Waals surface area contributed by atoms with Crippen molar-refractivity contribution in [3.05, 3.63) is 0 Å². The van der Waals surface area contributed by atoms with Crippen LogP contribution in [-0.2, 0) is 0 Å². The lowest BCUT2D eigenvalue weighted by Gasteiger charge is -2.39. The Labute approximate surface area is 86.8 Å². The maximum atomic E-state index is 6.05. The van der Waals surface area contributed by atoms with Gasteiger partial charge in [-0.2, -0.15) is 0 Å². The SMILES string of the molecule is CC1CN(C2CC3CC3C2)CCC1N. The van der Waals surface area contributed by atoms with Gasteiger partial charge in [-0.3, -0.25) is 4.90 Å². The Balaban J connectivity index is 1.58. The van der Waals surface area contributed by atoms with Gasteiger partial charge >= 0.3 is 0 Å². The minimum atomic E-state index is 0.460. The second kappa shape index (κ2) is 3.21. The maximum Gasteiger partial charge on any atom is 0.0101 e. The molecule has 2 heteroatoms.